The molecule has 1 N–H and O–H groups in total. The van der Waals surface area contributed by atoms with Crippen molar-refractivity contribution in [3.05, 3.63) is 68.1 Å². The maximum atomic E-state index is 12.5. The molecule has 2 heterocycles. The molecule has 21 heavy (non-hydrogen) atoms. The summed E-state index contributed by atoms with van der Waals surface area (Å²) in [7, 11) is 0. The number of carbonyl (C=O) groups excluding carboxylic acids is 1. The van der Waals surface area contributed by atoms with Crippen LogP contribution in [0, 0.1) is 6.92 Å². The Morgan fingerprint density at radius 2 is 2.19 bits per heavy atom. The number of H-pyrrole nitrogens is 1. The van der Waals surface area contributed by atoms with Crippen LogP contribution in [-0.4, -0.2) is 22.3 Å². The van der Waals surface area contributed by atoms with Gasteiger partial charge in [0.25, 0.3) is 5.91 Å². The lowest BCUT2D eigenvalue weighted by Crippen LogP contribution is -2.38. The van der Waals surface area contributed by atoms with Crippen LogP contribution in [0.2, 0.25) is 5.02 Å². The number of benzene rings is 1. The summed E-state index contributed by atoms with van der Waals surface area (Å²) in [6.07, 6.45) is 2.21. The van der Waals surface area contributed by atoms with Crippen LogP contribution >= 0.6 is 11.6 Å². The predicted molar refractivity (Wildman–Crippen MR) is 81.7 cm³/mol. The van der Waals surface area contributed by atoms with E-state index in [9.17, 15) is 9.59 Å². The summed E-state index contributed by atoms with van der Waals surface area (Å²) in [6, 6.07) is 7.17. The van der Waals surface area contributed by atoms with Gasteiger partial charge < -0.3 is 9.88 Å². The quantitative estimate of drug-likeness (QED) is 0.880. The molecular formula is C16H15ClN2O2. The van der Waals surface area contributed by atoms with E-state index in [-0.39, 0.29) is 16.9 Å². The van der Waals surface area contributed by atoms with Crippen LogP contribution in [0.3, 0.4) is 0 Å². The molecule has 0 bridgehead atoms. The molecule has 1 aromatic carbocycles. The number of aromatic amines is 1. The zero-order valence-electron chi connectivity index (χ0n) is 11.6. The number of aromatic nitrogens is 1. The first-order valence-electron chi connectivity index (χ1n) is 6.81. The largest absolute Gasteiger partial charge is 0.364 e. The average Bonchev–Trinajstić information content (AvgIpc) is 2.46. The standard InChI is InChI=1S/C16H15ClN2O2/c1-10-7-15(20)13(8-18-10)16(21)19-6-5-12-11(9-19)3-2-4-14(12)17/h2-4,7-8H,5-6,9H2,1H3,(H,18,20). The Kier molecular flexibility index (Phi) is 3.55. The molecule has 3 rings (SSSR count). The Morgan fingerprint density at radius 1 is 1.38 bits per heavy atom. The molecule has 1 aromatic heterocycles. The monoisotopic (exact) mass is 302 g/mol. The summed E-state index contributed by atoms with van der Waals surface area (Å²) in [5.74, 6) is -0.234. The number of hydrogen-bond donors (Lipinski definition) is 1. The van der Waals surface area contributed by atoms with E-state index < -0.39 is 0 Å². The lowest BCUT2D eigenvalue weighted by atomic mass is 9.99. The lowest BCUT2D eigenvalue weighted by Gasteiger charge is -2.29. The predicted octanol–water partition coefficient (Wildman–Crippen LogP) is 2.54. The van der Waals surface area contributed by atoms with Gasteiger partial charge in [0.05, 0.1) is 0 Å². The van der Waals surface area contributed by atoms with Crippen LogP contribution in [0.4, 0.5) is 0 Å². The fraction of sp³-hybridized carbons (Fsp3) is 0.250. The normalized spacial score (nSPS) is 13.9. The smallest absolute Gasteiger partial charge is 0.259 e. The van der Waals surface area contributed by atoms with Crippen molar-refractivity contribution in [1.82, 2.24) is 9.88 Å². The topological polar surface area (TPSA) is 53.2 Å². The van der Waals surface area contributed by atoms with E-state index in [1.807, 2.05) is 18.2 Å². The Balaban J connectivity index is 1.89. The second-order valence-corrected chi connectivity index (χ2v) is 5.66. The van der Waals surface area contributed by atoms with Crippen LogP contribution in [-0.2, 0) is 13.0 Å². The summed E-state index contributed by atoms with van der Waals surface area (Å²) in [5.41, 5.74) is 2.83. The third-order valence-corrected chi connectivity index (χ3v) is 4.14. The van der Waals surface area contributed by atoms with Crippen LogP contribution in [0.1, 0.15) is 27.2 Å². The van der Waals surface area contributed by atoms with Gasteiger partial charge in [-0.2, -0.15) is 0 Å². The minimum atomic E-state index is -0.242. The Hall–Kier alpha value is -2.07. The molecule has 0 spiro atoms. The van der Waals surface area contributed by atoms with Crippen molar-refractivity contribution in [3.63, 3.8) is 0 Å². The minimum absolute atomic E-state index is 0.186. The van der Waals surface area contributed by atoms with Gasteiger partial charge in [0.1, 0.15) is 5.56 Å². The second kappa shape index (κ2) is 5.37. The van der Waals surface area contributed by atoms with Crippen molar-refractivity contribution in [2.45, 2.75) is 19.9 Å². The van der Waals surface area contributed by atoms with E-state index in [4.69, 9.17) is 11.6 Å². The molecule has 0 unspecified atom stereocenters. The molecule has 1 aliphatic rings. The number of nitrogens with zero attached hydrogens (tertiary/aromatic N) is 1. The Labute approximate surface area is 127 Å². The van der Waals surface area contributed by atoms with Gasteiger partial charge in [-0.1, -0.05) is 23.7 Å². The van der Waals surface area contributed by atoms with Crippen molar-refractivity contribution in [2.24, 2.45) is 0 Å². The lowest BCUT2D eigenvalue weighted by molar-refractivity contribution is 0.0733. The van der Waals surface area contributed by atoms with Crippen molar-refractivity contribution >= 4 is 17.5 Å². The Morgan fingerprint density at radius 3 is 2.95 bits per heavy atom. The van der Waals surface area contributed by atoms with Gasteiger partial charge in [-0.3, -0.25) is 9.59 Å². The van der Waals surface area contributed by atoms with E-state index in [0.29, 0.717) is 19.5 Å². The first-order chi connectivity index (χ1) is 10.1. The molecule has 0 radical (unpaired) electrons. The number of amides is 1. The number of hydrogen-bond acceptors (Lipinski definition) is 2. The molecule has 1 aliphatic heterocycles. The number of pyridine rings is 1. The zero-order valence-corrected chi connectivity index (χ0v) is 12.4. The number of fused-ring (bicyclic) bond motifs is 1. The van der Waals surface area contributed by atoms with Gasteiger partial charge in [-0.05, 0) is 30.5 Å². The third kappa shape index (κ3) is 2.59. The van der Waals surface area contributed by atoms with Gasteiger partial charge >= 0.3 is 0 Å². The third-order valence-electron chi connectivity index (χ3n) is 3.78. The van der Waals surface area contributed by atoms with E-state index in [1.165, 1.54) is 12.3 Å². The molecular weight excluding hydrogens is 288 g/mol. The molecule has 108 valence electrons. The van der Waals surface area contributed by atoms with Crippen molar-refractivity contribution < 1.29 is 4.79 Å². The van der Waals surface area contributed by atoms with Crippen LogP contribution in [0.5, 0.6) is 0 Å². The highest BCUT2D eigenvalue weighted by molar-refractivity contribution is 6.31. The van der Waals surface area contributed by atoms with Crippen molar-refractivity contribution in [3.8, 4) is 0 Å². The summed E-state index contributed by atoms with van der Waals surface area (Å²) in [6.45, 7) is 2.85. The first kappa shape index (κ1) is 13.9. The molecule has 0 aliphatic carbocycles. The number of halogens is 1. The molecule has 0 fully saturated rings. The Bertz CT molecular complexity index is 767. The van der Waals surface area contributed by atoms with Gasteiger partial charge in [-0.25, -0.2) is 0 Å². The molecule has 0 saturated heterocycles. The highest BCUT2D eigenvalue weighted by Crippen LogP contribution is 2.26. The van der Waals surface area contributed by atoms with Crippen LogP contribution in [0.25, 0.3) is 0 Å². The molecule has 0 saturated carbocycles. The van der Waals surface area contributed by atoms with Gasteiger partial charge in [0.15, 0.2) is 5.43 Å². The maximum Gasteiger partial charge on any atom is 0.259 e. The highest BCUT2D eigenvalue weighted by atomic mass is 35.5. The first-order valence-corrected chi connectivity index (χ1v) is 7.19. The van der Waals surface area contributed by atoms with Crippen molar-refractivity contribution in [1.29, 1.82) is 0 Å². The molecule has 1 amide bonds. The summed E-state index contributed by atoms with van der Waals surface area (Å²) in [4.78, 5) is 29.0. The number of nitrogens with one attached hydrogen (secondary N) is 1. The maximum absolute atomic E-state index is 12.5. The molecule has 5 heteroatoms. The molecule has 0 atom stereocenters. The highest BCUT2D eigenvalue weighted by Gasteiger charge is 2.24. The minimum Gasteiger partial charge on any atom is -0.364 e. The molecule has 2 aromatic rings. The fourth-order valence-electron chi connectivity index (χ4n) is 2.65. The van der Waals surface area contributed by atoms with Gasteiger partial charge in [-0.15, -0.1) is 0 Å². The van der Waals surface area contributed by atoms with Crippen LogP contribution in [0.15, 0.2) is 35.3 Å². The van der Waals surface area contributed by atoms with Crippen LogP contribution < -0.4 is 5.43 Å². The van der Waals surface area contributed by atoms with E-state index in [0.717, 1.165) is 21.8 Å². The van der Waals surface area contributed by atoms with E-state index in [1.54, 1.807) is 11.8 Å². The molecule has 4 nitrogen and oxygen atoms in total. The van der Waals surface area contributed by atoms with E-state index in [2.05, 4.69) is 4.98 Å². The van der Waals surface area contributed by atoms with Crippen molar-refractivity contribution in [2.75, 3.05) is 6.54 Å². The van der Waals surface area contributed by atoms with Gasteiger partial charge in [0, 0.05) is 36.1 Å². The summed E-state index contributed by atoms with van der Waals surface area (Å²) in [5, 5.41) is 0.743. The van der Waals surface area contributed by atoms with E-state index >= 15 is 0 Å². The average molecular weight is 303 g/mol. The summed E-state index contributed by atoms with van der Waals surface area (Å²) < 4.78 is 0. The zero-order chi connectivity index (χ0) is 15.0. The number of aryl methyl sites for hydroxylation is 1. The van der Waals surface area contributed by atoms with Gasteiger partial charge in [0.2, 0.25) is 0 Å². The second-order valence-electron chi connectivity index (χ2n) is 5.25. The number of rotatable bonds is 1. The summed E-state index contributed by atoms with van der Waals surface area (Å²) >= 11 is 6.17. The number of carbonyl (C=O) groups is 1. The fourth-order valence-corrected chi connectivity index (χ4v) is 2.94. The SMILES string of the molecule is Cc1cc(=O)c(C(=O)N2CCc3c(Cl)cccc3C2)c[nH]1.